The Morgan fingerprint density at radius 3 is 2.62 bits per heavy atom. The number of rotatable bonds is 0. The van der Waals surface area contributed by atoms with Gasteiger partial charge >= 0.3 is 0 Å². The van der Waals surface area contributed by atoms with Crippen LogP contribution in [-0.4, -0.2) is 5.78 Å². The summed E-state index contributed by atoms with van der Waals surface area (Å²) in [6, 6.07) is 7.51. The molecule has 0 bridgehead atoms. The summed E-state index contributed by atoms with van der Waals surface area (Å²) >= 11 is 0. The number of allylic oxidation sites excluding steroid dienone is 2. The van der Waals surface area contributed by atoms with Crippen LogP contribution in [-0.2, 0) is 0 Å². The average Bonchev–Trinajstić information content (AvgIpc) is 2.60. The van der Waals surface area contributed by atoms with Crippen LogP contribution in [0.25, 0.3) is 5.57 Å². The van der Waals surface area contributed by atoms with E-state index in [4.69, 9.17) is 10.5 Å². The van der Waals surface area contributed by atoms with Crippen LogP contribution in [0.15, 0.2) is 23.8 Å². The molecule has 0 fully saturated rings. The van der Waals surface area contributed by atoms with Crippen LogP contribution in [0.5, 0.6) is 0 Å². The Hall–Kier alpha value is -2.46. The van der Waals surface area contributed by atoms with Crippen molar-refractivity contribution in [2.75, 3.05) is 0 Å². The predicted molar refractivity (Wildman–Crippen MR) is 53.5 cm³/mol. The molecular weight excluding hydrogens is 207 g/mol. The molecule has 0 aliphatic heterocycles. The summed E-state index contributed by atoms with van der Waals surface area (Å²) in [7, 11) is 0. The number of halogens is 1. The van der Waals surface area contributed by atoms with Gasteiger partial charge in [-0.1, -0.05) is 12.1 Å². The molecule has 0 spiro atoms. The van der Waals surface area contributed by atoms with Crippen molar-refractivity contribution in [2.45, 2.75) is 6.42 Å². The summed E-state index contributed by atoms with van der Waals surface area (Å²) in [4.78, 5) is 11.5. The van der Waals surface area contributed by atoms with Crippen LogP contribution < -0.4 is 0 Å². The lowest BCUT2D eigenvalue weighted by Gasteiger charge is -2.00. The minimum absolute atomic E-state index is 0.0767. The molecule has 0 heterocycles. The summed E-state index contributed by atoms with van der Waals surface area (Å²) in [6.07, 6.45) is -0.0767. The van der Waals surface area contributed by atoms with Gasteiger partial charge < -0.3 is 0 Å². The molecule has 4 heteroatoms. The molecule has 0 saturated carbocycles. The molecular formula is C12H5FN2O. The number of benzene rings is 1. The molecule has 0 radical (unpaired) electrons. The van der Waals surface area contributed by atoms with Crippen LogP contribution in [0.2, 0.25) is 0 Å². The van der Waals surface area contributed by atoms with Crippen LogP contribution >= 0.6 is 0 Å². The number of carbonyl (C=O) groups excluding carboxylic acids is 1. The summed E-state index contributed by atoms with van der Waals surface area (Å²) in [5.41, 5.74) is 0.351. The first-order valence-corrected chi connectivity index (χ1v) is 4.54. The predicted octanol–water partition coefficient (Wildman–Crippen LogP) is 2.21. The third kappa shape index (κ3) is 1.29. The third-order valence-electron chi connectivity index (χ3n) is 2.48. The van der Waals surface area contributed by atoms with E-state index < -0.39 is 5.82 Å². The summed E-state index contributed by atoms with van der Waals surface area (Å²) in [5.74, 6) is -0.825. The minimum Gasteiger partial charge on any atom is -0.294 e. The van der Waals surface area contributed by atoms with E-state index in [1.807, 2.05) is 0 Å². The van der Waals surface area contributed by atoms with Gasteiger partial charge in [0.2, 0.25) is 0 Å². The quantitative estimate of drug-likeness (QED) is 0.619. The first-order valence-electron chi connectivity index (χ1n) is 4.54. The number of Topliss-reactive ketones (excluding diaryl/α,β-unsaturated/α-hetero) is 1. The fourth-order valence-electron chi connectivity index (χ4n) is 1.78. The molecule has 0 atom stereocenters. The molecule has 0 N–H and O–H groups in total. The summed E-state index contributed by atoms with van der Waals surface area (Å²) in [5, 5.41) is 17.5. The van der Waals surface area contributed by atoms with E-state index in [0.29, 0.717) is 0 Å². The topological polar surface area (TPSA) is 64.7 Å². The zero-order chi connectivity index (χ0) is 11.7. The van der Waals surface area contributed by atoms with E-state index in [1.165, 1.54) is 18.2 Å². The van der Waals surface area contributed by atoms with Gasteiger partial charge in [0.1, 0.15) is 23.5 Å². The first kappa shape index (κ1) is 10.1. The molecule has 76 valence electrons. The Morgan fingerprint density at radius 2 is 2.00 bits per heavy atom. The largest absolute Gasteiger partial charge is 0.294 e. The lowest BCUT2D eigenvalue weighted by molar-refractivity contribution is 0.100. The first-order chi connectivity index (χ1) is 7.69. The van der Waals surface area contributed by atoms with Crippen molar-refractivity contribution in [3.8, 4) is 12.1 Å². The van der Waals surface area contributed by atoms with E-state index in [0.717, 1.165) is 0 Å². The molecule has 3 nitrogen and oxygen atoms in total. The molecule has 1 aromatic rings. The molecule has 0 saturated heterocycles. The number of ketones is 1. The van der Waals surface area contributed by atoms with E-state index in [-0.39, 0.29) is 34.5 Å². The van der Waals surface area contributed by atoms with Crippen molar-refractivity contribution in [1.82, 2.24) is 0 Å². The van der Waals surface area contributed by atoms with Crippen LogP contribution in [0.4, 0.5) is 4.39 Å². The molecule has 1 aliphatic carbocycles. The SMILES string of the molecule is N#CC(C#N)=C1CC(=O)c2cccc(F)c21. The van der Waals surface area contributed by atoms with Gasteiger partial charge in [-0.2, -0.15) is 10.5 Å². The number of hydrogen-bond donors (Lipinski definition) is 0. The molecule has 1 aliphatic rings. The number of fused-ring (bicyclic) bond motifs is 1. The second-order valence-electron chi connectivity index (χ2n) is 3.34. The van der Waals surface area contributed by atoms with Gasteiger partial charge in [0.05, 0.1) is 0 Å². The van der Waals surface area contributed by atoms with Crippen molar-refractivity contribution in [3.63, 3.8) is 0 Å². The van der Waals surface area contributed by atoms with Crippen molar-refractivity contribution in [1.29, 1.82) is 10.5 Å². The third-order valence-corrected chi connectivity index (χ3v) is 2.48. The molecule has 2 rings (SSSR count). The number of nitrogens with zero attached hydrogens (tertiary/aromatic N) is 2. The van der Waals surface area contributed by atoms with Gasteiger partial charge in [0.15, 0.2) is 5.78 Å². The maximum atomic E-state index is 13.5. The van der Waals surface area contributed by atoms with E-state index in [2.05, 4.69) is 0 Å². The Kier molecular flexibility index (Phi) is 2.27. The fourth-order valence-corrected chi connectivity index (χ4v) is 1.78. The zero-order valence-corrected chi connectivity index (χ0v) is 8.12. The van der Waals surface area contributed by atoms with Crippen molar-refractivity contribution >= 4 is 11.4 Å². The maximum Gasteiger partial charge on any atom is 0.168 e. The fraction of sp³-hybridized carbons (Fsp3) is 0.0833. The zero-order valence-electron chi connectivity index (χ0n) is 8.12. The lowest BCUT2D eigenvalue weighted by atomic mass is 10.0. The Labute approximate surface area is 91.0 Å². The van der Waals surface area contributed by atoms with Crippen LogP contribution in [0.1, 0.15) is 22.3 Å². The second-order valence-corrected chi connectivity index (χ2v) is 3.34. The Morgan fingerprint density at radius 1 is 1.31 bits per heavy atom. The van der Waals surface area contributed by atoms with E-state index in [9.17, 15) is 9.18 Å². The monoisotopic (exact) mass is 212 g/mol. The van der Waals surface area contributed by atoms with Crippen molar-refractivity contribution < 1.29 is 9.18 Å². The minimum atomic E-state index is -0.568. The summed E-state index contributed by atoms with van der Waals surface area (Å²) < 4.78 is 13.5. The van der Waals surface area contributed by atoms with Gasteiger partial charge in [-0.25, -0.2) is 4.39 Å². The number of hydrogen-bond acceptors (Lipinski definition) is 3. The van der Waals surface area contributed by atoms with E-state index in [1.54, 1.807) is 12.1 Å². The second kappa shape index (κ2) is 3.60. The van der Waals surface area contributed by atoms with Gasteiger partial charge in [0.25, 0.3) is 0 Å². The number of carbonyl (C=O) groups is 1. The summed E-state index contributed by atoms with van der Waals surface area (Å²) in [6.45, 7) is 0. The highest BCUT2D eigenvalue weighted by Gasteiger charge is 2.29. The van der Waals surface area contributed by atoms with Crippen molar-refractivity contribution in [3.05, 3.63) is 40.7 Å². The molecule has 0 unspecified atom stereocenters. The van der Waals surface area contributed by atoms with Gasteiger partial charge in [-0.05, 0) is 11.6 Å². The van der Waals surface area contributed by atoms with E-state index >= 15 is 0 Å². The lowest BCUT2D eigenvalue weighted by Crippen LogP contribution is -1.91. The molecule has 0 amide bonds. The Balaban J connectivity index is 2.79. The highest BCUT2D eigenvalue weighted by atomic mass is 19.1. The normalized spacial score (nSPS) is 12.9. The Bertz CT molecular complexity index is 586. The van der Waals surface area contributed by atoms with Gasteiger partial charge in [-0.3, -0.25) is 4.79 Å². The standard InChI is InChI=1S/C12H5FN2O/c13-10-3-1-2-8-11(16)4-9(12(8)10)7(5-14)6-15/h1-3H,4H2. The highest BCUT2D eigenvalue weighted by Crippen LogP contribution is 2.35. The van der Waals surface area contributed by atoms with Gasteiger partial charge in [0, 0.05) is 17.5 Å². The molecule has 0 aromatic heterocycles. The van der Waals surface area contributed by atoms with Crippen molar-refractivity contribution in [2.24, 2.45) is 0 Å². The van der Waals surface area contributed by atoms with Crippen LogP contribution in [0.3, 0.4) is 0 Å². The number of nitriles is 2. The molecule has 1 aromatic carbocycles. The van der Waals surface area contributed by atoms with Crippen LogP contribution in [0, 0.1) is 28.5 Å². The highest BCUT2D eigenvalue weighted by molar-refractivity contribution is 6.13. The smallest absolute Gasteiger partial charge is 0.168 e. The molecule has 16 heavy (non-hydrogen) atoms. The average molecular weight is 212 g/mol. The van der Waals surface area contributed by atoms with Gasteiger partial charge in [-0.15, -0.1) is 0 Å². The maximum absolute atomic E-state index is 13.5.